The third-order valence-corrected chi connectivity index (χ3v) is 1.79. The van der Waals surface area contributed by atoms with E-state index in [4.69, 9.17) is 0 Å². The second-order valence-electron chi connectivity index (χ2n) is 2.47. The molecule has 6 heteroatoms. The highest BCUT2D eigenvalue weighted by Crippen LogP contribution is 2.16. The fourth-order valence-electron chi connectivity index (χ4n) is 0.862. The summed E-state index contributed by atoms with van der Waals surface area (Å²) in [6, 6.07) is 5.75. The average Bonchev–Trinajstić information content (AvgIpc) is 2.01. The molecule has 2 nitrogen and oxygen atoms in total. The van der Waals surface area contributed by atoms with E-state index in [2.05, 4.69) is 12.6 Å². The van der Waals surface area contributed by atoms with Gasteiger partial charge in [0.05, 0.1) is 5.56 Å². The van der Waals surface area contributed by atoms with E-state index in [9.17, 15) is 18.0 Å². The Hall–Kier alpha value is -1.17. The first-order chi connectivity index (χ1) is 6.40. The molecule has 1 rings (SSSR count). The predicted molar refractivity (Wildman–Crippen MR) is 47.2 cm³/mol. The van der Waals surface area contributed by atoms with E-state index in [0.29, 0.717) is 0 Å². The summed E-state index contributed by atoms with van der Waals surface area (Å²) in [5, 5.41) is 0.888. The molecule has 0 aromatic heterocycles. The summed E-state index contributed by atoms with van der Waals surface area (Å²) in [6.07, 6.45) is -4.72. The van der Waals surface area contributed by atoms with Crippen LogP contribution < -0.4 is 5.32 Å². The Labute approximate surface area is 83.5 Å². The van der Waals surface area contributed by atoms with Crippen LogP contribution in [0.4, 0.5) is 13.2 Å². The lowest BCUT2D eigenvalue weighted by Crippen LogP contribution is -2.37. The summed E-state index contributed by atoms with van der Waals surface area (Å²) in [5.41, 5.74) is -0.104. The van der Waals surface area contributed by atoms with E-state index in [-0.39, 0.29) is 10.5 Å². The Bertz CT molecular complexity index is 351. The zero-order chi connectivity index (χ0) is 10.8. The minimum absolute atomic E-state index is 0.104. The number of carbonyl (C=O) groups excluding carboxylic acids is 1. The van der Waals surface area contributed by atoms with Gasteiger partial charge in [0.1, 0.15) is 0 Å². The van der Waals surface area contributed by atoms with Crippen molar-refractivity contribution in [2.45, 2.75) is 11.2 Å². The van der Waals surface area contributed by atoms with Gasteiger partial charge in [-0.15, -0.1) is 12.6 Å². The van der Waals surface area contributed by atoms with Crippen LogP contribution in [0.2, 0.25) is 0 Å². The van der Waals surface area contributed by atoms with Gasteiger partial charge in [0.2, 0.25) is 0 Å². The number of nitrogens with one attached hydrogen (secondary N) is 1. The maximum Gasteiger partial charge on any atom is 0.484 e. The van der Waals surface area contributed by atoms with Gasteiger partial charge in [-0.3, -0.25) is 10.1 Å². The maximum absolute atomic E-state index is 11.8. The third-order valence-electron chi connectivity index (χ3n) is 1.40. The van der Waals surface area contributed by atoms with Gasteiger partial charge in [-0.25, -0.2) is 0 Å². The molecule has 0 atom stereocenters. The van der Waals surface area contributed by atoms with Gasteiger partial charge in [0.25, 0.3) is 5.91 Å². The normalized spacial score (nSPS) is 11.1. The highest BCUT2D eigenvalue weighted by Gasteiger charge is 2.30. The SMILES string of the molecule is O=C(NC(F)(F)F)c1ccccc1S. The third kappa shape index (κ3) is 2.95. The quantitative estimate of drug-likeness (QED) is 0.552. The standard InChI is InChI=1S/C8H6F3NOS/c9-8(10,11)12-7(13)5-3-1-2-4-6(5)14/h1-4,14H,(H,12,13). The summed E-state index contributed by atoms with van der Waals surface area (Å²) in [6.45, 7) is 0. The van der Waals surface area contributed by atoms with Crippen molar-refractivity contribution in [1.29, 1.82) is 0 Å². The van der Waals surface area contributed by atoms with E-state index < -0.39 is 12.2 Å². The summed E-state index contributed by atoms with van der Waals surface area (Å²) in [4.78, 5) is 11.2. The predicted octanol–water partition coefficient (Wildman–Crippen LogP) is 2.22. The molecule has 0 aliphatic heterocycles. The Morgan fingerprint density at radius 3 is 2.36 bits per heavy atom. The van der Waals surface area contributed by atoms with Gasteiger partial charge in [0, 0.05) is 4.90 Å². The molecule has 14 heavy (non-hydrogen) atoms. The molecule has 0 saturated carbocycles. The molecule has 0 heterocycles. The first-order valence-corrected chi connectivity index (χ1v) is 4.02. The highest BCUT2D eigenvalue weighted by atomic mass is 32.1. The maximum atomic E-state index is 11.8. The lowest BCUT2D eigenvalue weighted by molar-refractivity contribution is -0.146. The van der Waals surface area contributed by atoms with E-state index in [1.807, 2.05) is 0 Å². The number of carbonyl (C=O) groups is 1. The van der Waals surface area contributed by atoms with E-state index in [1.54, 1.807) is 6.07 Å². The van der Waals surface area contributed by atoms with Crippen molar-refractivity contribution in [2.24, 2.45) is 0 Å². The Kier molecular flexibility index (Phi) is 3.05. The molecular formula is C8H6F3NOS. The molecule has 1 aromatic rings. The molecule has 0 saturated heterocycles. The van der Waals surface area contributed by atoms with Crippen LogP contribution in [0.3, 0.4) is 0 Å². The monoisotopic (exact) mass is 221 g/mol. The lowest BCUT2D eigenvalue weighted by Gasteiger charge is -2.09. The first-order valence-electron chi connectivity index (χ1n) is 3.57. The topological polar surface area (TPSA) is 29.1 Å². The van der Waals surface area contributed by atoms with Crippen molar-refractivity contribution in [1.82, 2.24) is 5.32 Å². The van der Waals surface area contributed by atoms with Gasteiger partial charge in [-0.1, -0.05) is 12.1 Å². The molecule has 1 aromatic carbocycles. The van der Waals surface area contributed by atoms with Crippen LogP contribution in [-0.2, 0) is 0 Å². The summed E-state index contributed by atoms with van der Waals surface area (Å²) in [7, 11) is 0. The number of thiol groups is 1. The summed E-state index contributed by atoms with van der Waals surface area (Å²) in [5.74, 6) is -1.21. The van der Waals surface area contributed by atoms with Gasteiger partial charge in [-0.2, -0.15) is 13.2 Å². The molecule has 76 valence electrons. The van der Waals surface area contributed by atoms with Crippen molar-refractivity contribution >= 4 is 18.5 Å². The van der Waals surface area contributed by atoms with Crippen LogP contribution in [0.15, 0.2) is 29.2 Å². The fourth-order valence-corrected chi connectivity index (χ4v) is 1.12. The molecule has 0 fully saturated rings. The molecule has 1 amide bonds. The van der Waals surface area contributed by atoms with Gasteiger partial charge in [-0.05, 0) is 12.1 Å². The second kappa shape index (κ2) is 3.91. The zero-order valence-corrected chi connectivity index (χ0v) is 7.69. The number of benzene rings is 1. The number of halogens is 3. The van der Waals surface area contributed by atoms with Crippen LogP contribution in [0, 0.1) is 0 Å². The smallest absolute Gasteiger partial charge is 0.269 e. The Morgan fingerprint density at radius 2 is 1.86 bits per heavy atom. The second-order valence-corrected chi connectivity index (χ2v) is 2.95. The highest BCUT2D eigenvalue weighted by molar-refractivity contribution is 7.80. The summed E-state index contributed by atoms with van der Waals surface area (Å²) < 4.78 is 35.3. The molecule has 1 N–H and O–H groups in total. The lowest BCUT2D eigenvalue weighted by atomic mass is 10.2. The molecule has 0 aliphatic carbocycles. The van der Waals surface area contributed by atoms with E-state index >= 15 is 0 Å². The summed E-state index contributed by atoms with van der Waals surface area (Å²) >= 11 is 3.86. The number of hydrogen-bond donors (Lipinski definition) is 2. The van der Waals surface area contributed by atoms with Crippen molar-refractivity contribution in [3.63, 3.8) is 0 Å². The van der Waals surface area contributed by atoms with Crippen molar-refractivity contribution in [3.8, 4) is 0 Å². The van der Waals surface area contributed by atoms with Crippen LogP contribution in [0.1, 0.15) is 10.4 Å². The Morgan fingerprint density at radius 1 is 1.29 bits per heavy atom. The minimum atomic E-state index is -4.72. The van der Waals surface area contributed by atoms with Crippen molar-refractivity contribution in [2.75, 3.05) is 0 Å². The molecule has 0 bridgehead atoms. The number of hydrogen-bond acceptors (Lipinski definition) is 2. The zero-order valence-electron chi connectivity index (χ0n) is 6.80. The first kappa shape index (κ1) is 10.9. The largest absolute Gasteiger partial charge is 0.484 e. The van der Waals surface area contributed by atoms with Crippen molar-refractivity contribution in [3.05, 3.63) is 29.8 Å². The van der Waals surface area contributed by atoms with Gasteiger partial charge < -0.3 is 0 Å². The average molecular weight is 221 g/mol. The number of amides is 1. The van der Waals surface area contributed by atoms with Crippen molar-refractivity contribution < 1.29 is 18.0 Å². The molecule has 0 aliphatic rings. The Balaban J connectivity index is 2.86. The van der Waals surface area contributed by atoms with E-state index in [0.717, 1.165) is 5.32 Å². The molecule has 0 spiro atoms. The van der Waals surface area contributed by atoms with Gasteiger partial charge >= 0.3 is 6.30 Å². The van der Waals surface area contributed by atoms with Crippen LogP contribution >= 0.6 is 12.6 Å². The van der Waals surface area contributed by atoms with Crippen LogP contribution in [0.5, 0.6) is 0 Å². The van der Waals surface area contributed by atoms with Crippen LogP contribution in [-0.4, -0.2) is 12.2 Å². The van der Waals surface area contributed by atoms with Gasteiger partial charge in [0.15, 0.2) is 0 Å². The molecule has 0 radical (unpaired) electrons. The van der Waals surface area contributed by atoms with Crippen LogP contribution in [0.25, 0.3) is 0 Å². The molecular weight excluding hydrogens is 215 g/mol. The van der Waals surface area contributed by atoms with E-state index in [1.165, 1.54) is 18.2 Å². The molecule has 0 unspecified atom stereocenters. The minimum Gasteiger partial charge on any atom is -0.269 e. The number of alkyl halides is 3. The fraction of sp³-hybridized carbons (Fsp3) is 0.125. The number of rotatable bonds is 1.